The molecule has 0 saturated heterocycles. The van der Waals surface area contributed by atoms with Crippen molar-refractivity contribution in [1.82, 2.24) is 0 Å². The van der Waals surface area contributed by atoms with E-state index in [1.54, 1.807) is 21.3 Å². The number of rotatable bonds is 10. The third-order valence-electron chi connectivity index (χ3n) is 3.90. The molecule has 0 unspecified atom stereocenters. The SMILES string of the molecule is CO[Si](CCCON=C(c1ccccc1)c1ccccc1)(OC)OC. The molecule has 6 heteroatoms. The molecule has 2 aromatic rings. The zero-order valence-electron chi connectivity index (χ0n) is 15.0. The first-order chi connectivity index (χ1) is 12.2. The van der Waals surface area contributed by atoms with Gasteiger partial charge in [-0.3, -0.25) is 0 Å². The Labute approximate surface area is 150 Å². The number of nitrogens with zero attached hydrogens (tertiary/aromatic N) is 1. The molecule has 2 rings (SSSR count). The maximum absolute atomic E-state index is 5.58. The van der Waals surface area contributed by atoms with Crippen LogP contribution in [0.2, 0.25) is 6.04 Å². The van der Waals surface area contributed by atoms with Gasteiger partial charge in [0.15, 0.2) is 0 Å². The summed E-state index contributed by atoms with van der Waals surface area (Å²) in [6.07, 6.45) is 0.738. The standard InChI is InChI=1S/C19H25NO4Si/c1-21-25(22-2,23-3)16-10-15-24-20-19(17-11-6-4-7-12-17)18-13-8-5-9-14-18/h4-9,11-14H,10,15-16H2,1-3H3. The third kappa shape index (κ3) is 5.50. The fourth-order valence-electron chi connectivity index (χ4n) is 2.48. The molecule has 0 bridgehead atoms. The van der Waals surface area contributed by atoms with Crippen molar-refractivity contribution in [2.75, 3.05) is 27.9 Å². The van der Waals surface area contributed by atoms with Crippen LogP contribution < -0.4 is 0 Å². The zero-order valence-corrected chi connectivity index (χ0v) is 16.0. The first-order valence-electron chi connectivity index (χ1n) is 8.21. The lowest BCUT2D eigenvalue weighted by molar-refractivity contribution is 0.110. The Bertz CT molecular complexity index is 595. The Balaban J connectivity index is 2.02. The summed E-state index contributed by atoms with van der Waals surface area (Å²) in [4.78, 5) is 5.58. The summed E-state index contributed by atoms with van der Waals surface area (Å²) in [6, 6.07) is 20.7. The summed E-state index contributed by atoms with van der Waals surface area (Å²) >= 11 is 0. The Morgan fingerprint density at radius 2 is 1.28 bits per heavy atom. The number of hydrogen-bond acceptors (Lipinski definition) is 5. The molecule has 134 valence electrons. The minimum atomic E-state index is -2.55. The second-order valence-corrected chi connectivity index (χ2v) is 8.49. The monoisotopic (exact) mass is 359 g/mol. The van der Waals surface area contributed by atoms with Gasteiger partial charge in [-0.15, -0.1) is 0 Å². The molecule has 0 aliphatic rings. The van der Waals surface area contributed by atoms with Gasteiger partial charge in [0.25, 0.3) is 0 Å². The quantitative estimate of drug-likeness (QED) is 0.281. The molecular weight excluding hydrogens is 334 g/mol. The molecule has 0 amide bonds. The zero-order chi connectivity index (χ0) is 18.0. The summed E-state index contributed by atoms with van der Waals surface area (Å²) in [5.41, 5.74) is 2.85. The van der Waals surface area contributed by atoms with Crippen molar-refractivity contribution < 1.29 is 18.1 Å². The van der Waals surface area contributed by atoms with Gasteiger partial charge in [0.2, 0.25) is 0 Å². The van der Waals surface area contributed by atoms with Gasteiger partial charge < -0.3 is 18.1 Å². The molecule has 0 radical (unpaired) electrons. The first-order valence-corrected chi connectivity index (χ1v) is 10.1. The molecule has 0 spiro atoms. The van der Waals surface area contributed by atoms with Crippen LogP contribution in [0.3, 0.4) is 0 Å². The summed E-state index contributed by atoms with van der Waals surface area (Å²) in [6.45, 7) is 0.466. The number of benzene rings is 2. The fourth-order valence-corrected chi connectivity index (χ4v) is 4.17. The molecule has 0 atom stereocenters. The third-order valence-corrected chi connectivity index (χ3v) is 6.73. The summed E-state index contributed by atoms with van der Waals surface area (Å²) in [5.74, 6) is 0. The van der Waals surface area contributed by atoms with Gasteiger partial charge in [-0.1, -0.05) is 65.8 Å². The van der Waals surface area contributed by atoms with Gasteiger partial charge in [0.1, 0.15) is 12.3 Å². The van der Waals surface area contributed by atoms with Crippen molar-refractivity contribution in [2.45, 2.75) is 12.5 Å². The van der Waals surface area contributed by atoms with Crippen LogP contribution in [0.25, 0.3) is 0 Å². The van der Waals surface area contributed by atoms with Crippen molar-refractivity contribution in [3.8, 4) is 0 Å². The highest BCUT2D eigenvalue weighted by molar-refractivity contribution is 6.60. The smallest absolute Gasteiger partial charge is 0.395 e. The molecule has 2 aromatic carbocycles. The molecule has 5 nitrogen and oxygen atoms in total. The molecule has 0 heterocycles. The Morgan fingerprint density at radius 3 is 1.72 bits per heavy atom. The molecule has 0 aliphatic carbocycles. The molecular formula is C19H25NO4Si. The predicted octanol–water partition coefficient (Wildman–Crippen LogP) is 3.72. The van der Waals surface area contributed by atoms with Crippen LogP contribution in [0.4, 0.5) is 0 Å². The molecule has 0 saturated carbocycles. The maximum atomic E-state index is 5.58. The van der Waals surface area contributed by atoms with Crippen molar-refractivity contribution in [2.24, 2.45) is 5.16 Å². The van der Waals surface area contributed by atoms with Crippen LogP contribution in [0, 0.1) is 0 Å². The second-order valence-electron chi connectivity index (χ2n) is 5.40. The van der Waals surface area contributed by atoms with E-state index in [4.69, 9.17) is 18.1 Å². The van der Waals surface area contributed by atoms with Crippen LogP contribution >= 0.6 is 0 Å². The van der Waals surface area contributed by atoms with Crippen LogP contribution in [0.15, 0.2) is 65.8 Å². The minimum Gasteiger partial charge on any atom is -0.395 e. The average molecular weight is 359 g/mol. The van der Waals surface area contributed by atoms with Crippen LogP contribution in [-0.2, 0) is 18.1 Å². The molecule has 0 aliphatic heterocycles. The van der Waals surface area contributed by atoms with Crippen LogP contribution in [0.5, 0.6) is 0 Å². The summed E-state index contributed by atoms with van der Waals surface area (Å²) in [5, 5.41) is 4.37. The van der Waals surface area contributed by atoms with E-state index in [0.29, 0.717) is 12.7 Å². The largest absolute Gasteiger partial charge is 0.500 e. The van der Waals surface area contributed by atoms with E-state index in [2.05, 4.69) is 5.16 Å². The topological polar surface area (TPSA) is 49.3 Å². The van der Waals surface area contributed by atoms with Crippen LogP contribution in [0.1, 0.15) is 17.5 Å². The lowest BCUT2D eigenvalue weighted by Gasteiger charge is -2.23. The van der Waals surface area contributed by atoms with Gasteiger partial charge in [-0.05, 0) is 6.42 Å². The van der Waals surface area contributed by atoms with Crippen molar-refractivity contribution in [1.29, 1.82) is 0 Å². The average Bonchev–Trinajstić information content (AvgIpc) is 2.69. The van der Waals surface area contributed by atoms with Gasteiger partial charge in [-0.25, -0.2) is 0 Å². The number of hydrogen-bond donors (Lipinski definition) is 0. The summed E-state index contributed by atoms with van der Waals surface area (Å²) in [7, 11) is 2.29. The molecule has 0 aromatic heterocycles. The van der Waals surface area contributed by atoms with Gasteiger partial charge in [0.05, 0.1) is 0 Å². The van der Waals surface area contributed by atoms with E-state index in [-0.39, 0.29) is 0 Å². The lowest BCUT2D eigenvalue weighted by Crippen LogP contribution is -2.42. The highest BCUT2D eigenvalue weighted by atomic mass is 28.4. The Kier molecular flexibility index (Phi) is 7.81. The second kappa shape index (κ2) is 10.1. The first kappa shape index (κ1) is 19.3. The van der Waals surface area contributed by atoms with E-state index < -0.39 is 8.80 Å². The highest BCUT2D eigenvalue weighted by Gasteiger charge is 2.36. The molecule has 0 fully saturated rings. The number of oxime groups is 1. The van der Waals surface area contributed by atoms with Crippen LogP contribution in [-0.4, -0.2) is 42.5 Å². The molecule has 0 N–H and O–H groups in total. The van der Waals surface area contributed by atoms with E-state index >= 15 is 0 Å². The lowest BCUT2D eigenvalue weighted by atomic mass is 10.0. The highest BCUT2D eigenvalue weighted by Crippen LogP contribution is 2.15. The predicted molar refractivity (Wildman–Crippen MR) is 101 cm³/mol. The maximum Gasteiger partial charge on any atom is 0.500 e. The van der Waals surface area contributed by atoms with Gasteiger partial charge in [-0.2, -0.15) is 0 Å². The van der Waals surface area contributed by atoms with E-state index in [9.17, 15) is 0 Å². The fraction of sp³-hybridized carbons (Fsp3) is 0.316. The Morgan fingerprint density at radius 1 is 0.800 bits per heavy atom. The van der Waals surface area contributed by atoms with Crippen molar-refractivity contribution >= 4 is 14.5 Å². The van der Waals surface area contributed by atoms with Gasteiger partial charge >= 0.3 is 8.80 Å². The van der Waals surface area contributed by atoms with Gasteiger partial charge in [0, 0.05) is 38.5 Å². The minimum absolute atomic E-state index is 0.466. The van der Waals surface area contributed by atoms with Crippen molar-refractivity contribution in [3.05, 3.63) is 71.8 Å². The van der Waals surface area contributed by atoms with Crippen molar-refractivity contribution in [3.63, 3.8) is 0 Å². The van der Waals surface area contributed by atoms with E-state index in [0.717, 1.165) is 23.3 Å². The van der Waals surface area contributed by atoms with E-state index in [1.807, 2.05) is 60.7 Å². The normalized spacial score (nSPS) is 11.2. The Hall–Kier alpha value is -1.99. The summed E-state index contributed by atoms with van der Waals surface area (Å²) < 4.78 is 16.2. The molecule has 25 heavy (non-hydrogen) atoms. The van der Waals surface area contributed by atoms with E-state index in [1.165, 1.54) is 0 Å².